The molecule has 4 heterocycles. The number of carbonyl (C=O) groups is 3. The first kappa shape index (κ1) is 37.6. The Morgan fingerprint density at radius 2 is 2.10 bits per heavy atom. The van der Waals surface area contributed by atoms with Gasteiger partial charge in [-0.2, -0.15) is 13.5 Å². The van der Waals surface area contributed by atoms with E-state index < -0.39 is 63.3 Å². The van der Waals surface area contributed by atoms with Gasteiger partial charge in [-0.05, 0) is 50.8 Å². The van der Waals surface area contributed by atoms with E-state index in [1.807, 2.05) is 12.1 Å². The van der Waals surface area contributed by atoms with Crippen molar-refractivity contribution in [3.05, 3.63) is 40.4 Å². The number of hydrogen-bond donors (Lipinski definition) is 8. The highest BCUT2D eigenvalue weighted by molar-refractivity contribution is 7.80. The summed E-state index contributed by atoms with van der Waals surface area (Å²) >= 11 is 0.963. The fourth-order valence-electron chi connectivity index (χ4n) is 5.63. The molecular formula is C29H39N9O11S2. The van der Waals surface area contributed by atoms with Gasteiger partial charge in [-0.1, -0.05) is 17.3 Å². The second-order valence-electron chi connectivity index (χ2n) is 12.8. The number of aliphatic hydroxyl groups excluding tert-OH is 1. The number of β-lactam (4-membered cyclic amide) rings is 1. The van der Waals surface area contributed by atoms with Crippen LogP contribution in [0.3, 0.4) is 0 Å². The molecule has 3 aliphatic heterocycles. The number of carboxylic acids is 1. The number of benzene rings is 1. The monoisotopic (exact) mass is 753 g/mol. The molecule has 20 nitrogen and oxygen atoms in total. The van der Waals surface area contributed by atoms with E-state index in [1.165, 1.54) is 26.2 Å². The normalized spacial score (nSPS) is 23.3. The predicted octanol–water partition coefficient (Wildman–Crippen LogP) is -1.52. The van der Waals surface area contributed by atoms with E-state index in [1.54, 1.807) is 6.07 Å². The van der Waals surface area contributed by atoms with E-state index in [2.05, 4.69) is 35.4 Å². The van der Waals surface area contributed by atoms with Crippen molar-refractivity contribution in [2.75, 3.05) is 31.9 Å². The Hall–Kier alpha value is -4.61. The number of nitrogen functional groups attached to an aromatic ring is 1. The zero-order chi connectivity index (χ0) is 37.3. The van der Waals surface area contributed by atoms with E-state index in [0.717, 1.165) is 22.5 Å². The first-order valence-corrected chi connectivity index (χ1v) is 17.9. The summed E-state index contributed by atoms with van der Waals surface area (Å²) in [6.07, 6.45) is -1.08. The molecule has 22 heteroatoms. The third kappa shape index (κ3) is 8.15. The van der Waals surface area contributed by atoms with Crippen molar-refractivity contribution in [1.29, 1.82) is 0 Å². The molecule has 51 heavy (non-hydrogen) atoms. The Bertz CT molecular complexity index is 1850. The number of aliphatic hydroxyl groups is 1. The second-order valence-corrected chi connectivity index (χ2v) is 14.7. The maximum atomic E-state index is 13.5. The molecule has 10 N–H and O–H groups in total. The molecule has 1 aromatic heterocycles. The average molecular weight is 754 g/mol. The lowest BCUT2D eigenvalue weighted by Gasteiger charge is -2.50. The van der Waals surface area contributed by atoms with Gasteiger partial charge in [0.05, 0.1) is 18.2 Å². The zero-order valence-electron chi connectivity index (χ0n) is 27.7. The highest BCUT2D eigenvalue weighted by Gasteiger charge is 2.58. The number of aromatic nitrogens is 1. The zero-order valence-corrected chi connectivity index (χ0v) is 29.4. The van der Waals surface area contributed by atoms with Gasteiger partial charge in [0.25, 0.3) is 17.4 Å². The number of ether oxygens (including phenoxy) is 1. The van der Waals surface area contributed by atoms with Crippen molar-refractivity contribution in [3.8, 4) is 5.75 Å². The molecule has 278 valence electrons. The van der Waals surface area contributed by atoms with E-state index in [0.29, 0.717) is 36.3 Å². The van der Waals surface area contributed by atoms with Crippen LogP contribution >= 0.6 is 11.3 Å². The SMILES string of the molecule is CC1(C)[C@H](NC(=O)/C(=N\O[C@](C)(C(=O)O)[C@H]2CCc3cc(C4CN=C(NC[C@@H](O)CN)NC4)ccc3O2)c2csc(N)n2)C(=O)N1OS(=O)(=O)O. The molecular weight excluding hydrogens is 715 g/mol. The number of fused-ring (bicyclic) bond motifs is 1. The van der Waals surface area contributed by atoms with Crippen LogP contribution in [0.2, 0.25) is 0 Å². The van der Waals surface area contributed by atoms with Crippen LogP contribution < -0.4 is 32.2 Å². The average Bonchev–Trinajstić information content (AvgIpc) is 3.52. The summed E-state index contributed by atoms with van der Waals surface area (Å²) in [5, 5.41) is 34.3. The Kier molecular flexibility index (Phi) is 10.7. The number of nitrogens with two attached hydrogens (primary N) is 2. The number of aryl methyl sites for hydroxylation is 1. The number of thiazole rings is 1. The number of anilines is 1. The summed E-state index contributed by atoms with van der Waals surface area (Å²) in [7, 11) is -5.03. The van der Waals surface area contributed by atoms with Crippen molar-refractivity contribution in [2.45, 2.75) is 68.9 Å². The van der Waals surface area contributed by atoms with Crippen LogP contribution in [0.25, 0.3) is 0 Å². The molecule has 1 saturated heterocycles. The van der Waals surface area contributed by atoms with Crippen molar-refractivity contribution in [1.82, 2.24) is 26.0 Å². The maximum Gasteiger partial charge on any atom is 0.418 e. The van der Waals surface area contributed by atoms with Gasteiger partial charge < -0.3 is 47.2 Å². The molecule has 1 unspecified atom stereocenters. The Morgan fingerprint density at radius 3 is 2.69 bits per heavy atom. The summed E-state index contributed by atoms with van der Waals surface area (Å²) in [5.74, 6) is -2.36. The Labute approximate surface area is 296 Å². The van der Waals surface area contributed by atoms with Gasteiger partial charge in [0.15, 0.2) is 22.9 Å². The molecule has 0 bridgehead atoms. The summed E-state index contributed by atoms with van der Waals surface area (Å²) in [6.45, 7) is 5.50. The van der Waals surface area contributed by atoms with Crippen LogP contribution in [0.5, 0.6) is 5.75 Å². The number of hydroxylamine groups is 2. The molecule has 0 radical (unpaired) electrons. The molecule has 5 atom stereocenters. The number of aliphatic carboxylic acids is 1. The largest absolute Gasteiger partial charge is 0.485 e. The summed E-state index contributed by atoms with van der Waals surface area (Å²) in [5.41, 5.74) is 8.91. The number of aliphatic imine (C=N–C) groups is 1. The van der Waals surface area contributed by atoms with Crippen LogP contribution in [0.15, 0.2) is 33.7 Å². The molecule has 0 saturated carbocycles. The molecule has 5 rings (SSSR count). The molecule has 3 aliphatic rings. The van der Waals surface area contributed by atoms with Crippen LogP contribution in [-0.4, -0.2) is 118 Å². The number of nitrogens with one attached hydrogen (secondary N) is 3. The highest BCUT2D eigenvalue weighted by atomic mass is 32.3. The summed E-state index contributed by atoms with van der Waals surface area (Å²) < 4.78 is 41.8. The molecule has 2 aromatic rings. The Balaban J connectivity index is 1.30. The topological polar surface area (TPSA) is 303 Å². The standard InChI is InChI=1S/C29H39N9O11S2/c1-28(2)22(24(41)38(28)49-51(44,45)46)36-23(40)21(18-13-50-26(31)35-18)37-48-29(3,25(42)43)20-7-5-15-8-14(4-6-19(15)47-20)16-10-32-27(33-11-16)34-12-17(39)9-30/h4,6,8,13,16-17,20,22,39H,5,7,9-12,30H2,1-3H3,(H2,31,35)(H,36,40)(H,42,43)(H2,32,33,34)(H,44,45,46)/b37-21-/t17-,20+,22+,29-/m0/s1. The van der Waals surface area contributed by atoms with Crippen molar-refractivity contribution in [3.63, 3.8) is 0 Å². The minimum absolute atomic E-state index is 0.0566. The third-order valence-electron chi connectivity index (χ3n) is 8.73. The van der Waals surface area contributed by atoms with E-state index >= 15 is 0 Å². The first-order chi connectivity index (χ1) is 23.9. The number of hydrogen-bond acceptors (Lipinski definition) is 17. The van der Waals surface area contributed by atoms with Gasteiger partial charge in [-0.25, -0.2) is 9.78 Å². The van der Waals surface area contributed by atoms with Gasteiger partial charge in [-0.15, -0.1) is 15.6 Å². The maximum absolute atomic E-state index is 13.5. The lowest BCUT2D eigenvalue weighted by Crippen LogP contribution is -2.76. The third-order valence-corrected chi connectivity index (χ3v) is 9.74. The molecule has 1 fully saturated rings. The fraction of sp³-hybridized carbons (Fsp3) is 0.517. The van der Waals surface area contributed by atoms with E-state index in [-0.39, 0.29) is 36.3 Å². The minimum Gasteiger partial charge on any atom is -0.485 e. The van der Waals surface area contributed by atoms with Crippen molar-refractivity contribution in [2.24, 2.45) is 15.9 Å². The lowest BCUT2D eigenvalue weighted by molar-refractivity contribution is -0.218. The van der Waals surface area contributed by atoms with E-state index in [9.17, 15) is 33.0 Å². The van der Waals surface area contributed by atoms with Gasteiger partial charge >= 0.3 is 16.4 Å². The second kappa shape index (κ2) is 14.6. The highest BCUT2D eigenvalue weighted by Crippen LogP contribution is 2.36. The first-order valence-electron chi connectivity index (χ1n) is 15.7. The van der Waals surface area contributed by atoms with Crippen LogP contribution in [0.4, 0.5) is 5.13 Å². The number of amides is 2. The van der Waals surface area contributed by atoms with Gasteiger partial charge in [0.1, 0.15) is 17.5 Å². The van der Waals surface area contributed by atoms with Gasteiger partial charge in [-0.3, -0.25) is 19.1 Å². The van der Waals surface area contributed by atoms with Crippen LogP contribution in [0, 0.1) is 0 Å². The molecule has 2 amide bonds. The molecule has 0 aliphatic carbocycles. The smallest absolute Gasteiger partial charge is 0.418 e. The fourth-order valence-corrected chi connectivity index (χ4v) is 6.63. The van der Waals surface area contributed by atoms with Crippen molar-refractivity contribution >= 4 is 56.3 Å². The van der Waals surface area contributed by atoms with Crippen LogP contribution in [0.1, 0.15) is 49.9 Å². The van der Waals surface area contributed by atoms with E-state index in [4.69, 9.17) is 25.6 Å². The van der Waals surface area contributed by atoms with Crippen LogP contribution in [-0.2, 0) is 40.3 Å². The minimum atomic E-state index is -5.03. The lowest BCUT2D eigenvalue weighted by atomic mass is 9.84. The molecule has 1 aromatic carbocycles. The summed E-state index contributed by atoms with van der Waals surface area (Å²) in [6, 6.07) is 4.27. The Morgan fingerprint density at radius 1 is 1.35 bits per heavy atom. The molecule has 0 spiro atoms. The number of rotatable bonds is 13. The van der Waals surface area contributed by atoms with Gasteiger partial charge in [0.2, 0.25) is 0 Å². The number of carbonyl (C=O) groups excluding carboxylic acids is 2. The van der Waals surface area contributed by atoms with Gasteiger partial charge in [0, 0.05) is 30.9 Å². The predicted molar refractivity (Wildman–Crippen MR) is 181 cm³/mol. The number of guanidine groups is 1. The summed E-state index contributed by atoms with van der Waals surface area (Å²) in [4.78, 5) is 52.9. The quantitative estimate of drug-likeness (QED) is 0.0498. The number of oxime groups is 1. The number of nitrogens with zero attached hydrogens (tertiary/aromatic N) is 4. The number of carboxylic acid groups (broad SMARTS) is 1. The van der Waals surface area contributed by atoms with Crippen molar-refractivity contribution < 1.29 is 51.4 Å².